The number of hydrogen-bond donors (Lipinski definition) is 2. The fraction of sp³-hybridized carbons (Fsp3) is 0.429. The lowest BCUT2D eigenvalue weighted by atomic mass is 10.1. The lowest BCUT2D eigenvalue weighted by molar-refractivity contribution is 0.269. The van der Waals surface area contributed by atoms with Crippen LogP contribution in [0.15, 0.2) is 24.4 Å². The molecule has 1 aliphatic carbocycles. The van der Waals surface area contributed by atoms with E-state index in [9.17, 15) is 0 Å². The summed E-state index contributed by atoms with van der Waals surface area (Å²) < 4.78 is 5.94. The average molecular weight is 228 g/mol. The molecule has 88 valence electrons. The Morgan fingerprint density at radius 1 is 1.24 bits per heavy atom. The third-order valence-corrected chi connectivity index (χ3v) is 3.70. The standard InChI is InChI=1S/C14H16N2O/c1-2-12-14-9(7-15-12)6-11(16-10-4-5-10)8-17-13(14)3-1/h1-3,7,10-11,15-16H,4-6,8H2. The molecule has 17 heavy (non-hydrogen) atoms. The van der Waals surface area contributed by atoms with E-state index < -0.39 is 0 Å². The molecule has 1 fully saturated rings. The van der Waals surface area contributed by atoms with Crippen LogP contribution < -0.4 is 10.1 Å². The van der Waals surface area contributed by atoms with Gasteiger partial charge in [-0.25, -0.2) is 0 Å². The lowest BCUT2D eigenvalue weighted by Gasteiger charge is -2.15. The smallest absolute Gasteiger partial charge is 0.129 e. The predicted octanol–water partition coefficient (Wildman–Crippen LogP) is 2.22. The van der Waals surface area contributed by atoms with Crippen LogP contribution in [0.4, 0.5) is 0 Å². The van der Waals surface area contributed by atoms with Gasteiger partial charge in [0.1, 0.15) is 12.4 Å². The number of hydrogen-bond acceptors (Lipinski definition) is 2. The van der Waals surface area contributed by atoms with Crippen LogP contribution in [0.3, 0.4) is 0 Å². The van der Waals surface area contributed by atoms with Gasteiger partial charge in [0, 0.05) is 29.2 Å². The van der Waals surface area contributed by atoms with Gasteiger partial charge in [0.15, 0.2) is 0 Å². The molecule has 2 heterocycles. The third-order valence-electron chi connectivity index (χ3n) is 3.70. The Morgan fingerprint density at radius 3 is 3.06 bits per heavy atom. The number of benzene rings is 1. The van der Waals surface area contributed by atoms with Gasteiger partial charge in [0.25, 0.3) is 0 Å². The fourth-order valence-electron chi connectivity index (χ4n) is 2.71. The van der Waals surface area contributed by atoms with Crippen molar-refractivity contribution >= 4 is 10.9 Å². The topological polar surface area (TPSA) is 37.0 Å². The molecule has 3 heteroatoms. The van der Waals surface area contributed by atoms with Crippen LogP contribution in [-0.2, 0) is 6.42 Å². The van der Waals surface area contributed by atoms with E-state index in [-0.39, 0.29) is 0 Å². The van der Waals surface area contributed by atoms with Gasteiger partial charge in [-0.05, 0) is 37.0 Å². The Hall–Kier alpha value is -1.48. The quantitative estimate of drug-likeness (QED) is 0.827. The number of aromatic nitrogens is 1. The number of ether oxygens (including phenoxy) is 1. The van der Waals surface area contributed by atoms with E-state index in [0.29, 0.717) is 6.04 Å². The molecule has 1 aromatic heterocycles. The maximum Gasteiger partial charge on any atom is 0.129 e. The Labute approximate surface area is 100 Å². The van der Waals surface area contributed by atoms with E-state index in [2.05, 4.69) is 28.6 Å². The highest BCUT2D eigenvalue weighted by Gasteiger charge is 2.27. The summed E-state index contributed by atoms with van der Waals surface area (Å²) in [7, 11) is 0. The molecule has 4 rings (SSSR count). The number of rotatable bonds is 2. The molecule has 1 atom stereocenters. The summed E-state index contributed by atoms with van der Waals surface area (Å²) in [5.74, 6) is 1.03. The third kappa shape index (κ3) is 1.62. The maximum atomic E-state index is 5.94. The molecule has 2 aromatic rings. The second-order valence-corrected chi connectivity index (χ2v) is 5.15. The average Bonchev–Trinajstić information content (AvgIpc) is 3.09. The van der Waals surface area contributed by atoms with Gasteiger partial charge < -0.3 is 15.0 Å². The minimum absolute atomic E-state index is 0.453. The second kappa shape index (κ2) is 3.50. The largest absolute Gasteiger partial charge is 0.491 e. The molecular formula is C14H16N2O. The minimum Gasteiger partial charge on any atom is -0.491 e. The van der Waals surface area contributed by atoms with Crippen LogP contribution in [0.1, 0.15) is 18.4 Å². The first kappa shape index (κ1) is 9.54. The summed E-state index contributed by atoms with van der Waals surface area (Å²) in [4.78, 5) is 3.33. The molecule has 2 aliphatic rings. The zero-order chi connectivity index (χ0) is 11.2. The van der Waals surface area contributed by atoms with Gasteiger partial charge >= 0.3 is 0 Å². The van der Waals surface area contributed by atoms with E-state index in [1.807, 2.05) is 6.07 Å². The molecule has 1 aliphatic heterocycles. The number of H-pyrrole nitrogens is 1. The zero-order valence-corrected chi connectivity index (χ0v) is 9.70. The van der Waals surface area contributed by atoms with Gasteiger partial charge in [-0.3, -0.25) is 0 Å². The first-order valence-electron chi connectivity index (χ1n) is 6.38. The van der Waals surface area contributed by atoms with Crippen molar-refractivity contribution in [3.8, 4) is 5.75 Å². The molecule has 3 nitrogen and oxygen atoms in total. The molecule has 0 bridgehead atoms. The van der Waals surface area contributed by atoms with Crippen molar-refractivity contribution in [2.45, 2.75) is 31.3 Å². The molecule has 1 aromatic carbocycles. The van der Waals surface area contributed by atoms with Crippen molar-refractivity contribution in [1.29, 1.82) is 0 Å². The molecule has 0 amide bonds. The summed E-state index contributed by atoms with van der Waals surface area (Å²) >= 11 is 0. The summed E-state index contributed by atoms with van der Waals surface area (Å²) in [6.07, 6.45) is 5.84. The predicted molar refractivity (Wildman–Crippen MR) is 67.4 cm³/mol. The van der Waals surface area contributed by atoms with Crippen molar-refractivity contribution in [2.24, 2.45) is 0 Å². The van der Waals surface area contributed by atoms with Gasteiger partial charge in [0.2, 0.25) is 0 Å². The Morgan fingerprint density at radius 2 is 2.18 bits per heavy atom. The second-order valence-electron chi connectivity index (χ2n) is 5.15. The van der Waals surface area contributed by atoms with Crippen LogP contribution in [0.2, 0.25) is 0 Å². The summed E-state index contributed by atoms with van der Waals surface area (Å²) in [5.41, 5.74) is 2.57. The molecule has 2 N–H and O–H groups in total. The molecule has 1 unspecified atom stereocenters. The zero-order valence-electron chi connectivity index (χ0n) is 9.70. The lowest BCUT2D eigenvalue weighted by Crippen LogP contribution is -2.37. The van der Waals surface area contributed by atoms with Crippen LogP contribution in [0.25, 0.3) is 10.9 Å². The van der Waals surface area contributed by atoms with Gasteiger partial charge in [-0.2, -0.15) is 0 Å². The van der Waals surface area contributed by atoms with Crippen molar-refractivity contribution < 1.29 is 4.74 Å². The highest BCUT2D eigenvalue weighted by Crippen LogP contribution is 2.32. The van der Waals surface area contributed by atoms with E-state index in [1.165, 1.54) is 29.3 Å². The highest BCUT2D eigenvalue weighted by molar-refractivity contribution is 5.89. The first-order valence-corrected chi connectivity index (χ1v) is 6.38. The molecule has 1 saturated carbocycles. The van der Waals surface area contributed by atoms with Gasteiger partial charge in [-0.1, -0.05) is 6.07 Å². The summed E-state index contributed by atoms with van der Waals surface area (Å²) in [6.45, 7) is 0.782. The number of nitrogens with one attached hydrogen (secondary N) is 2. The Kier molecular flexibility index (Phi) is 1.97. The van der Waals surface area contributed by atoms with Crippen molar-refractivity contribution in [3.63, 3.8) is 0 Å². The van der Waals surface area contributed by atoms with E-state index in [1.54, 1.807) is 0 Å². The SMILES string of the molecule is c1cc2c3c(c[nH]c3c1)CC(NC1CC1)CO2. The van der Waals surface area contributed by atoms with Gasteiger partial charge in [0.05, 0.1) is 0 Å². The summed E-state index contributed by atoms with van der Waals surface area (Å²) in [6, 6.07) is 7.42. The minimum atomic E-state index is 0.453. The Bertz CT molecular complexity index is 556. The molecule has 0 radical (unpaired) electrons. The van der Waals surface area contributed by atoms with Crippen LogP contribution in [0, 0.1) is 0 Å². The van der Waals surface area contributed by atoms with Gasteiger partial charge in [-0.15, -0.1) is 0 Å². The normalized spacial score (nSPS) is 23.4. The monoisotopic (exact) mass is 228 g/mol. The van der Waals surface area contributed by atoms with Crippen LogP contribution in [0.5, 0.6) is 5.75 Å². The van der Waals surface area contributed by atoms with E-state index in [4.69, 9.17) is 4.74 Å². The molecule has 0 spiro atoms. The van der Waals surface area contributed by atoms with Crippen molar-refractivity contribution in [2.75, 3.05) is 6.61 Å². The van der Waals surface area contributed by atoms with E-state index in [0.717, 1.165) is 24.8 Å². The number of aromatic amines is 1. The maximum absolute atomic E-state index is 5.94. The highest BCUT2D eigenvalue weighted by atomic mass is 16.5. The Balaban J connectivity index is 1.72. The van der Waals surface area contributed by atoms with E-state index >= 15 is 0 Å². The molecular weight excluding hydrogens is 212 g/mol. The van der Waals surface area contributed by atoms with Crippen molar-refractivity contribution in [1.82, 2.24) is 10.3 Å². The molecule has 0 saturated heterocycles. The summed E-state index contributed by atoms with van der Waals surface area (Å²) in [5, 5.41) is 4.93. The fourth-order valence-corrected chi connectivity index (χ4v) is 2.71. The van der Waals surface area contributed by atoms with Crippen molar-refractivity contribution in [3.05, 3.63) is 30.0 Å². The van der Waals surface area contributed by atoms with Crippen LogP contribution >= 0.6 is 0 Å². The van der Waals surface area contributed by atoms with Crippen LogP contribution in [-0.4, -0.2) is 23.7 Å². The first-order chi connectivity index (χ1) is 8.40.